The molecule has 3 nitrogen and oxygen atoms in total. The van der Waals surface area contributed by atoms with Gasteiger partial charge in [-0.1, -0.05) is 120 Å². The molecule has 6 rings (SSSR count). The average Bonchev–Trinajstić information content (AvgIpc) is 3.14. The monoisotopic (exact) mass is 680 g/mol. The van der Waals surface area contributed by atoms with Gasteiger partial charge in [0, 0.05) is 4.91 Å². The molecular formula is C42H64O3S2. The summed E-state index contributed by atoms with van der Waals surface area (Å²) in [6, 6.07) is 4.72. The van der Waals surface area contributed by atoms with Crippen LogP contribution in [0.15, 0.2) is 39.2 Å². The Balaban J connectivity index is 1.35. The van der Waals surface area contributed by atoms with Crippen molar-refractivity contribution < 1.29 is 12.6 Å². The molecule has 5 fully saturated rings. The summed E-state index contributed by atoms with van der Waals surface area (Å²) in [5.41, 5.74) is 6.29. The van der Waals surface area contributed by atoms with Crippen LogP contribution in [0, 0.1) is 11.8 Å². The Kier molecular flexibility index (Phi) is 13.1. The lowest BCUT2D eigenvalue weighted by molar-refractivity contribution is 0.347. The Morgan fingerprint density at radius 3 is 1.51 bits per heavy atom. The van der Waals surface area contributed by atoms with E-state index in [4.69, 9.17) is 16.8 Å². The molecule has 0 spiro atoms. The summed E-state index contributed by atoms with van der Waals surface area (Å²) in [7, 11) is -3.95. The lowest BCUT2D eigenvalue weighted by Crippen LogP contribution is -2.20. The molecule has 5 aliphatic carbocycles. The minimum Gasteiger partial charge on any atom is -0.262 e. The fourth-order valence-corrected chi connectivity index (χ4v) is 12.0. The van der Waals surface area contributed by atoms with E-state index in [0.717, 1.165) is 41.7 Å². The molecule has 0 aliphatic heterocycles. The van der Waals surface area contributed by atoms with E-state index in [9.17, 15) is 8.42 Å². The zero-order chi connectivity index (χ0) is 32.6. The lowest BCUT2D eigenvalue weighted by Gasteiger charge is -2.32. The maximum atomic E-state index is 14.7. The number of hydrogen-bond acceptors (Lipinski definition) is 4. The van der Waals surface area contributed by atoms with Crippen molar-refractivity contribution in [3.05, 3.63) is 51.0 Å². The SMILES string of the molecule is C/C(=C(S)\C(=C/COS(=O)(=O)c1c(C2CCCCC2)cc(C2CCCCC2)cc1C1CCCCC1)C1CCCCC1)C1CCCCC1. The molecule has 0 N–H and O–H groups in total. The van der Waals surface area contributed by atoms with Crippen molar-refractivity contribution in [1.29, 1.82) is 0 Å². The molecule has 1 aromatic carbocycles. The van der Waals surface area contributed by atoms with Crippen LogP contribution in [0.2, 0.25) is 0 Å². The highest BCUT2D eigenvalue weighted by Gasteiger charge is 2.34. The Morgan fingerprint density at radius 1 is 0.638 bits per heavy atom. The second kappa shape index (κ2) is 17.3. The average molecular weight is 681 g/mol. The summed E-state index contributed by atoms with van der Waals surface area (Å²) in [5.74, 6) is 2.26. The molecule has 0 saturated heterocycles. The van der Waals surface area contributed by atoms with Crippen LogP contribution in [0.3, 0.4) is 0 Å². The highest BCUT2D eigenvalue weighted by molar-refractivity contribution is 7.87. The van der Waals surface area contributed by atoms with Crippen LogP contribution in [0.5, 0.6) is 0 Å². The summed E-state index contributed by atoms with van der Waals surface area (Å²) in [6.07, 6.45) is 32.8. The number of rotatable bonds is 10. The normalized spacial score (nSPS) is 24.8. The Morgan fingerprint density at radius 2 is 1.04 bits per heavy atom. The van der Waals surface area contributed by atoms with Gasteiger partial charge in [-0.15, -0.1) is 12.6 Å². The second-order valence-corrected chi connectivity index (χ2v) is 18.1. The van der Waals surface area contributed by atoms with Crippen molar-refractivity contribution >= 4 is 22.7 Å². The number of thiol groups is 1. The molecule has 0 atom stereocenters. The molecule has 5 saturated carbocycles. The van der Waals surface area contributed by atoms with Crippen molar-refractivity contribution in [2.45, 2.75) is 190 Å². The van der Waals surface area contributed by atoms with Gasteiger partial charge in [0.05, 0.1) is 6.61 Å². The maximum absolute atomic E-state index is 14.7. The van der Waals surface area contributed by atoms with Crippen LogP contribution >= 0.6 is 12.6 Å². The third kappa shape index (κ3) is 9.01. The van der Waals surface area contributed by atoms with E-state index < -0.39 is 10.1 Å². The first-order valence-electron chi connectivity index (χ1n) is 20.1. The van der Waals surface area contributed by atoms with Gasteiger partial charge in [0.15, 0.2) is 0 Å². The van der Waals surface area contributed by atoms with Gasteiger partial charge in [0.25, 0.3) is 10.1 Å². The first kappa shape index (κ1) is 35.8. The van der Waals surface area contributed by atoms with Gasteiger partial charge in [0.2, 0.25) is 0 Å². The molecule has 0 heterocycles. The third-order valence-electron chi connectivity index (χ3n) is 13.0. The van der Waals surface area contributed by atoms with Gasteiger partial charge in [-0.05, 0) is 123 Å². The standard InChI is InChI=1S/C42H64O3S2/c1-31(32-17-7-2-8-18-32)41(46)38(34-21-11-4-12-22-34)27-28-45-47(43,44)42-39(35-23-13-5-14-24-35)29-37(33-19-9-3-10-20-33)30-40(42)36-25-15-6-16-26-36/h27,29-30,32-36,46H,2-26,28H2,1H3/b38-27-,41-31-. The van der Waals surface area contributed by atoms with E-state index in [1.54, 1.807) is 0 Å². The van der Waals surface area contributed by atoms with E-state index in [0.29, 0.717) is 34.5 Å². The fourth-order valence-electron chi connectivity index (χ4n) is 10.2. The fraction of sp³-hybridized carbons (Fsp3) is 0.762. The number of benzene rings is 1. The van der Waals surface area contributed by atoms with E-state index >= 15 is 0 Å². The summed E-state index contributed by atoms with van der Waals surface area (Å²) < 4.78 is 35.5. The van der Waals surface area contributed by atoms with Gasteiger partial charge >= 0.3 is 0 Å². The smallest absolute Gasteiger partial charge is 0.262 e. The van der Waals surface area contributed by atoms with Crippen LogP contribution in [0.4, 0.5) is 0 Å². The minimum atomic E-state index is -3.95. The Hall–Kier alpha value is -1.04. The molecule has 0 unspecified atom stereocenters. The number of allylic oxidation sites excluding steroid dienone is 2. The predicted octanol–water partition coefficient (Wildman–Crippen LogP) is 12.8. The first-order valence-corrected chi connectivity index (χ1v) is 21.9. The lowest BCUT2D eigenvalue weighted by atomic mass is 9.76. The van der Waals surface area contributed by atoms with Gasteiger partial charge in [0.1, 0.15) is 4.90 Å². The molecule has 47 heavy (non-hydrogen) atoms. The summed E-state index contributed by atoms with van der Waals surface area (Å²) in [5, 5.41) is 0. The molecular weight excluding hydrogens is 617 g/mol. The van der Waals surface area contributed by atoms with Gasteiger partial charge in [-0.3, -0.25) is 4.18 Å². The second-order valence-electron chi connectivity index (χ2n) is 16.1. The molecule has 5 heteroatoms. The summed E-state index contributed by atoms with van der Waals surface area (Å²) in [6.45, 7) is 2.39. The zero-order valence-electron chi connectivity index (χ0n) is 29.6. The first-order chi connectivity index (χ1) is 22.9. The largest absolute Gasteiger partial charge is 0.297 e. The molecule has 0 radical (unpaired) electrons. The number of hydrogen-bond donors (Lipinski definition) is 1. The quantitative estimate of drug-likeness (QED) is 0.152. The minimum absolute atomic E-state index is 0.106. The molecule has 262 valence electrons. The van der Waals surface area contributed by atoms with E-state index in [2.05, 4.69) is 25.1 Å². The van der Waals surface area contributed by atoms with Crippen molar-refractivity contribution in [3.63, 3.8) is 0 Å². The van der Waals surface area contributed by atoms with Crippen LogP contribution in [0.1, 0.15) is 202 Å². The van der Waals surface area contributed by atoms with E-state index in [1.807, 2.05) is 0 Å². The summed E-state index contributed by atoms with van der Waals surface area (Å²) >= 11 is 5.19. The molecule has 0 amide bonds. The van der Waals surface area contributed by atoms with Crippen LogP contribution in [0.25, 0.3) is 0 Å². The third-order valence-corrected chi connectivity index (χ3v) is 15.0. The van der Waals surface area contributed by atoms with Crippen molar-refractivity contribution in [2.24, 2.45) is 11.8 Å². The van der Waals surface area contributed by atoms with Gasteiger partial charge < -0.3 is 0 Å². The van der Waals surface area contributed by atoms with E-state index in [1.165, 1.54) is 152 Å². The highest BCUT2D eigenvalue weighted by atomic mass is 32.2. The van der Waals surface area contributed by atoms with E-state index in [-0.39, 0.29) is 6.61 Å². The summed E-state index contributed by atoms with van der Waals surface area (Å²) in [4.78, 5) is 1.69. The molecule has 5 aliphatic rings. The Labute approximate surface area is 293 Å². The van der Waals surface area contributed by atoms with Crippen LogP contribution in [-0.2, 0) is 14.3 Å². The van der Waals surface area contributed by atoms with Crippen molar-refractivity contribution in [3.8, 4) is 0 Å². The predicted molar refractivity (Wildman–Crippen MR) is 200 cm³/mol. The molecule has 0 bridgehead atoms. The van der Waals surface area contributed by atoms with Gasteiger partial charge in [-0.2, -0.15) is 8.42 Å². The molecule has 1 aromatic rings. The highest BCUT2D eigenvalue weighted by Crippen LogP contribution is 2.46. The van der Waals surface area contributed by atoms with Crippen LogP contribution in [-0.4, -0.2) is 15.0 Å². The van der Waals surface area contributed by atoms with Crippen molar-refractivity contribution in [1.82, 2.24) is 0 Å². The van der Waals surface area contributed by atoms with Crippen molar-refractivity contribution in [2.75, 3.05) is 6.61 Å². The zero-order valence-corrected chi connectivity index (χ0v) is 31.3. The van der Waals surface area contributed by atoms with Gasteiger partial charge in [-0.25, -0.2) is 0 Å². The topological polar surface area (TPSA) is 43.4 Å². The Bertz CT molecular complexity index is 1290. The maximum Gasteiger partial charge on any atom is 0.297 e. The molecule has 0 aromatic heterocycles. The van der Waals surface area contributed by atoms with Crippen LogP contribution < -0.4 is 0 Å².